The highest BCUT2D eigenvalue weighted by molar-refractivity contribution is 7.71. The van der Waals surface area contributed by atoms with Crippen LogP contribution in [0.25, 0.3) is 0 Å². The van der Waals surface area contributed by atoms with E-state index in [9.17, 15) is 9.90 Å². The van der Waals surface area contributed by atoms with Crippen molar-refractivity contribution < 1.29 is 9.84 Å². The molecule has 28 heavy (non-hydrogen) atoms. The van der Waals surface area contributed by atoms with E-state index in [0.29, 0.717) is 18.0 Å². The molecule has 0 unspecified atom stereocenters. The summed E-state index contributed by atoms with van der Waals surface area (Å²) < 4.78 is 7.22. The lowest BCUT2D eigenvalue weighted by Gasteiger charge is -2.08. The van der Waals surface area contributed by atoms with E-state index in [1.54, 1.807) is 30.3 Å². The molecule has 7 heteroatoms. The first-order valence-corrected chi connectivity index (χ1v) is 8.97. The number of hydrogen-bond donors (Lipinski definition) is 2. The Balaban J connectivity index is 1.74. The molecular weight excluding hydrogens is 374 g/mol. The molecule has 142 valence electrons. The van der Waals surface area contributed by atoms with Gasteiger partial charge < -0.3 is 9.84 Å². The third kappa shape index (κ3) is 4.63. The first kappa shape index (κ1) is 19.3. The van der Waals surface area contributed by atoms with Crippen molar-refractivity contribution in [3.8, 4) is 11.6 Å². The summed E-state index contributed by atoms with van der Waals surface area (Å²) in [6.45, 7) is 4.36. The molecule has 2 N–H and O–H groups in total. The first-order chi connectivity index (χ1) is 13.6. The summed E-state index contributed by atoms with van der Waals surface area (Å²) in [4.78, 5) is 18.8. The van der Waals surface area contributed by atoms with Crippen LogP contribution >= 0.6 is 12.2 Å². The van der Waals surface area contributed by atoms with Crippen molar-refractivity contribution >= 4 is 24.1 Å². The van der Waals surface area contributed by atoms with Crippen LogP contribution in [0.2, 0.25) is 0 Å². The summed E-state index contributed by atoms with van der Waals surface area (Å²) >= 11 is 5.05. The SMILES string of the molecule is C=CCn1c(O)c(C=Nc2ccc(OCc3ccccc3)cc2)c(=O)[nH]c1=S. The molecule has 3 aromatic rings. The molecule has 0 saturated heterocycles. The van der Waals surface area contributed by atoms with E-state index in [2.05, 4.69) is 16.6 Å². The molecule has 1 heterocycles. The van der Waals surface area contributed by atoms with Crippen LogP contribution < -0.4 is 10.3 Å². The monoisotopic (exact) mass is 393 g/mol. The van der Waals surface area contributed by atoms with Gasteiger partial charge in [0.1, 0.15) is 17.9 Å². The van der Waals surface area contributed by atoms with Crippen molar-refractivity contribution in [3.63, 3.8) is 0 Å². The lowest BCUT2D eigenvalue weighted by Crippen LogP contribution is -2.18. The largest absolute Gasteiger partial charge is 0.494 e. The number of allylic oxidation sites excluding steroid dienone is 1. The zero-order valence-electron chi connectivity index (χ0n) is 15.0. The van der Waals surface area contributed by atoms with Gasteiger partial charge in [-0.1, -0.05) is 36.4 Å². The summed E-state index contributed by atoms with van der Waals surface area (Å²) in [6, 6.07) is 17.0. The van der Waals surface area contributed by atoms with Gasteiger partial charge in [-0.15, -0.1) is 6.58 Å². The molecular formula is C21H19N3O3S. The topological polar surface area (TPSA) is 79.6 Å². The Morgan fingerprint density at radius 2 is 1.89 bits per heavy atom. The summed E-state index contributed by atoms with van der Waals surface area (Å²) in [5.41, 5.74) is 1.22. The van der Waals surface area contributed by atoms with E-state index in [4.69, 9.17) is 17.0 Å². The second-order valence-corrected chi connectivity index (χ2v) is 6.31. The fraction of sp³-hybridized carbons (Fsp3) is 0.0952. The fourth-order valence-corrected chi connectivity index (χ4v) is 2.75. The number of aromatic hydroxyl groups is 1. The predicted octanol–water partition coefficient (Wildman–Crippen LogP) is 4.13. The van der Waals surface area contributed by atoms with Crippen molar-refractivity contribution in [1.29, 1.82) is 0 Å². The molecule has 0 amide bonds. The maximum atomic E-state index is 12.1. The summed E-state index contributed by atoms with van der Waals surface area (Å²) in [5.74, 6) is 0.461. The van der Waals surface area contributed by atoms with Crippen LogP contribution in [-0.4, -0.2) is 20.9 Å². The highest BCUT2D eigenvalue weighted by Crippen LogP contribution is 2.20. The number of hydrogen-bond acceptors (Lipinski definition) is 5. The minimum Gasteiger partial charge on any atom is -0.494 e. The van der Waals surface area contributed by atoms with Crippen molar-refractivity contribution in [2.45, 2.75) is 13.2 Å². The Morgan fingerprint density at radius 1 is 1.18 bits per heavy atom. The standard InChI is InChI=1S/C21H19N3O3S/c1-2-12-24-20(26)18(19(25)23-21(24)28)13-22-16-8-10-17(11-9-16)27-14-15-6-4-3-5-7-15/h2-11,13,26H,1,12,14H2,(H,23,25,28). The van der Waals surface area contributed by atoms with Crippen LogP contribution in [0, 0.1) is 4.77 Å². The van der Waals surface area contributed by atoms with Gasteiger partial charge in [-0.25, -0.2) is 0 Å². The predicted molar refractivity (Wildman–Crippen MR) is 112 cm³/mol. The van der Waals surface area contributed by atoms with Crippen LogP contribution in [0.15, 0.2) is 77.0 Å². The van der Waals surface area contributed by atoms with Gasteiger partial charge in [-0.3, -0.25) is 19.3 Å². The maximum Gasteiger partial charge on any atom is 0.264 e. The molecule has 1 aromatic heterocycles. The molecule has 0 aliphatic rings. The molecule has 0 aliphatic heterocycles. The van der Waals surface area contributed by atoms with Gasteiger partial charge >= 0.3 is 0 Å². The van der Waals surface area contributed by atoms with Crippen molar-refractivity contribution in [2.75, 3.05) is 0 Å². The highest BCUT2D eigenvalue weighted by Gasteiger charge is 2.09. The molecule has 2 aromatic carbocycles. The fourth-order valence-electron chi connectivity index (χ4n) is 2.50. The number of benzene rings is 2. The molecule has 0 saturated carbocycles. The Morgan fingerprint density at radius 3 is 2.57 bits per heavy atom. The van der Waals surface area contributed by atoms with Gasteiger partial charge in [0.05, 0.1) is 5.69 Å². The molecule has 3 rings (SSSR count). The van der Waals surface area contributed by atoms with E-state index >= 15 is 0 Å². The van der Waals surface area contributed by atoms with E-state index in [0.717, 1.165) is 5.56 Å². The number of H-pyrrole nitrogens is 1. The molecule has 0 fully saturated rings. The van der Waals surface area contributed by atoms with Crippen LogP contribution in [0.3, 0.4) is 0 Å². The summed E-state index contributed by atoms with van der Waals surface area (Å²) in [6.07, 6.45) is 2.88. The third-order valence-corrected chi connectivity index (χ3v) is 4.27. The second kappa shape index (κ2) is 8.96. The van der Waals surface area contributed by atoms with Gasteiger partial charge in [0.2, 0.25) is 5.88 Å². The Bertz CT molecular complexity index is 1100. The Labute approximate surface area is 167 Å². The molecule has 0 radical (unpaired) electrons. The van der Waals surface area contributed by atoms with Gasteiger partial charge in [-0.2, -0.15) is 0 Å². The zero-order chi connectivity index (χ0) is 19.9. The normalized spacial score (nSPS) is 10.9. The quantitative estimate of drug-likeness (QED) is 0.359. The van der Waals surface area contributed by atoms with E-state index < -0.39 is 5.56 Å². The highest BCUT2D eigenvalue weighted by atomic mass is 32.1. The molecule has 0 bridgehead atoms. The van der Waals surface area contributed by atoms with Gasteiger partial charge in [0, 0.05) is 12.8 Å². The average molecular weight is 393 g/mol. The van der Waals surface area contributed by atoms with E-state index in [-0.39, 0.29) is 22.8 Å². The van der Waals surface area contributed by atoms with Crippen molar-refractivity contribution in [1.82, 2.24) is 9.55 Å². The van der Waals surface area contributed by atoms with Gasteiger partial charge in [-0.05, 0) is 42.0 Å². The minimum atomic E-state index is -0.505. The number of nitrogens with one attached hydrogen (secondary N) is 1. The average Bonchev–Trinajstić information content (AvgIpc) is 2.71. The van der Waals surface area contributed by atoms with E-state index in [1.165, 1.54) is 10.8 Å². The van der Waals surface area contributed by atoms with Crippen molar-refractivity contribution in [2.24, 2.45) is 4.99 Å². The summed E-state index contributed by atoms with van der Waals surface area (Å²) in [7, 11) is 0. The van der Waals surface area contributed by atoms with Crippen LogP contribution in [0.1, 0.15) is 11.1 Å². The number of nitrogens with zero attached hydrogens (tertiary/aromatic N) is 2. The molecule has 0 spiro atoms. The molecule has 0 atom stereocenters. The second-order valence-electron chi connectivity index (χ2n) is 5.92. The summed E-state index contributed by atoms with van der Waals surface area (Å²) in [5, 5.41) is 10.3. The third-order valence-electron chi connectivity index (χ3n) is 3.95. The van der Waals surface area contributed by atoms with Crippen LogP contribution in [0.4, 0.5) is 5.69 Å². The molecule has 6 nitrogen and oxygen atoms in total. The number of rotatable bonds is 7. The lowest BCUT2D eigenvalue weighted by molar-refractivity contribution is 0.306. The Kier molecular flexibility index (Phi) is 6.18. The van der Waals surface area contributed by atoms with E-state index in [1.807, 2.05) is 30.3 Å². The number of aromatic nitrogens is 2. The number of aliphatic imine (C=N–C) groups is 1. The van der Waals surface area contributed by atoms with Gasteiger partial charge in [0.15, 0.2) is 4.77 Å². The number of aromatic amines is 1. The smallest absolute Gasteiger partial charge is 0.264 e. The maximum absolute atomic E-state index is 12.1. The molecule has 0 aliphatic carbocycles. The zero-order valence-corrected chi connectivity index (χ0v) is 15.9. The lowest BCUT2D eigenvalue weighted by atomic mass is 10.2. The Hall–Kier alpha value is -3.45. The number of ether oxygens (including phenoxy) is 1. The van der Waals surface area contributed by atoms with Gasteiger partial charge in [0.25, 0.3) is 5.56 Å². The first-order valence-electron chi connectivity index (χ1n) is 8.56. The van der Waals surface area contributed by atoms with Crippen molar-refractivity contribution in [3.05, 3.63) is 93.5 Å². The van der Waals surface area contributed by atoms with Crippen LogP contribution in [0.5, 0.6) is 11.6 Å². The minimum absolute atomic E-state index is 0.0276. The van der Waals surface area contributed by atoms with Crippen LogP contribution in [-0.2, 0) is 13.2 Å².